The van der Waals surface area contributed by atoms with Crippen LogP contribution in [0.1, 0.15) is 36.9 Å². The van der Waals surface area contributed by atoms with Gasteiger partial charge >= 0.3 is 0 Å². The van der Waals surface area contributed by atoms with E-state index in [9.17, 15) is 10.2 Å². The molecule has 2 aromatic rings. The molecule has 2 aliphatic rings. The summed E-state index contributed by atoms with van der Waals surface area (Å²) in [6, 6.07) is 14.0. The largest absolute Gasteiger partial charge is 0.506 e. The average molecular weight is 352 g/mol. The monoisotopic (exact) mass is 352 g/mol. The van der Waals surface area contributed by atoms with Crippen molar-refractivity contribution in [2.24, 2.45) is 11.8 Å². The summed E-state index contributed by atoms with van der Waals surface area (Å²) in [5, 5.41) is 20.5. The van der Waals surface area contributed by atoms with Gasteiger partial charge in [0, 0.05) is 37.7 Å². The summed E-state index contributed by atoms with van der Waals surface area (Å²) in [6.45, 7) is 5.33. The number of aliphatic hydroxyl groups is 1. The van der Waals surface area contributed by atoms with E-state index in [0.29, 0.717) is 17.8 Å². The fourth-order valence-electron chi connectivity index (χ4n) is 5.00. The molecule has 1 aliphatic carbocycles. The minimum absolute atomic E-state index is 0.217. The van der Waals surface area contributed by atoms with Crippen LogP contribution in [0.25, 0.3) is 0 Å². The molecule has 138 valence electrons. The van der Waals surface area contributed by atoms with Gasteiger partial charge in [0.25, 0.3) is 0 Å². The number of aromatic hydroxyl groups is 1. The molecule has 1 saturated heterocycles. The van der Waals surface area contributed by atoms with E-state index in [-0.39, 0.29) is 5.75 Å². The number of likely N-dealkylation sites (tertiary alicyclic amines) is 1. The Morgan fingerprint density at radius 3 is 2.42 bits per heavy atom. The molecule has 0 amide bonds. The third-order valence-electron chi connectivity index (χ3n) is 6.12. The zero-order chi connectivity index (χ0) is 18.1. The van der Waals surface area contributed by atoms with Crippen LogP contribution in [-0.2, 0) is 6.42 Å². The van der Waals surface area contributed by atoms with Crippen LogP contribution in [0.2, 0.25) is 0 Å². The summed E-state index contributed by atoms with van der Waals surface area (Å²) < 4.78 is 0. The van der Waals surface area contributed by atoms with Crippen LogP contribution >= 0.6 is 0 Å². The van der Waals surface area contributed by atoms with Crippen molar-refractivity contribution < 1.29 is 10.2 Å². The van der Waals surface area contributed by atoms with Crippen LogP contribution in [0.5, 0.6) is 5.75 Å². The van der Waals surface area contributed by atoms with Gasteiger partial charge in [-0.05, 0) is 42.4 Å². The van der Waals surface area contributed by atoms with E-state index in [1.54, 1.807) is 6.07 Å². The molecule has 0 bridgehead atoms. The zero-order valence-corrected chi connectivity index (χ0v) is 15.4. The lowest BCUT2D eigenvalue weighted by atomic mass is 9.91. The van der Waals surface area contributed by atoms with Crippen molar-refractivity contribution in [3.05, 3.63) is 59.9 Å². The predicted octanol–water partition coefficient (Wildman–Crippen LogP) is 3.21. The van der Waals surface area contributed by atoms with E-state index < -0.39 is 5.60 Å². The summed E-state index contributed by atoms with van der Waals surface area (Å²) in [4.78, 5) is 6.87. The van der Waals surface area contributed by atoms with Crippen molar-refractivity contribution in [1.29, 1.82) is 0 Å². The number of hydrogen-bond donors (Lipinski definition) is 2. The van der Waals surface area contributed by atoms with Crippen LogP contribution in [0.3, 0.4) is 0 Å². The Balaban J connectivity index is 1.32. The molecule has 4 rings (SSSR count). The van der Waals surface area contributed by atoms with Gasteiger partial charge in [0.1, 0.15) is 5.75 Å². The van der Waals surface area contributed by atoms with Gasteiger partial charge in [0.05, 0.1) is 11.8 Å². The van der Waals surface area contributed by atoms with Crippen molar-refractivity contribution in [2.75, 3.05) is 19.6 Å². The molecule has 2 fully saturated rings. The average Bonchev–Trinajstić information content (AvgIpc) is 3.10. The predicted molar refractivity (Wildman–Crippen MR) is 102 cm³/mol. The maximum absolute atomic E-state index is 11.1. The van der Waals surface area contributed by atoms with E-state index in [1.807, 2.05) is 12.1 Å². The first-order valence-corrected chi connectivity index (χ1v) is 9.64. The lowest BCUT2D eigenvalue weighted by Gasteiger charge is -2.27. The molecular formula is C22H28N2O2. The fourth-order valence-corrected chi connectivity index (χ4v) is 5.00. The van der Waals surface area contributed by atoms with Crippen LogP contribution in [0.4, 0.5) is 0 Å². The first-order chi connectivity index (χ1) is 12.5. The van der Waals surface area contributed by atoms with Crippen LogP contribution < -0.4 is 0 Å². The SMILES string of the molecule is CC(CN1C[C@@H]2CC(O)(Cc3ccccc3)C[C@@H]2C1)c1ccc(O)cn1. The molecule has 1 aromatic heterocycles. The first kappa shape index (κ1) is 17.5. The Hall–Kier alpha value is -1.91. The molecule has 26 heavy (non-hydrogen) atoms. The van der Waals surface area contributed by atoms with Crippen molar-refractivity contribution in [3.63, 3.8) is 0 Å². The second-order valence-corrected chi connectivity index (χ2v) is 8.38. The smallest absolute Gasteiger partial charge is 0.133 e. The van der Waals surface area contributed by atoms with E-state index >= 15 is 0 Å². The highest BCUT2D eigenvalue weighted by Crippen LogP contribution is 2.45. The van der Waals surface area contributed by atoms with E-state index in [1.165, 1.54) is 11.8 Å². The van der Waals surface area contributed by atoms with Crippen molar-refractivity contribution in [2.45, 2.75) is 37.7 Å². The first-order valence-electron chi connectivity index (χ1n) is 9.64. The number of aromatic nitrogens is 1. The third-order valence-corrected chi connectivity index (χ3v) is 6.12. The molecule has 0 radical (unpaired) electrons. The van der Waals surface area contributed by atoms with E-state index in [2.05, 4.69) is 41.1 Å². The second-order valence-electron chi connectivity index (χ2n) is 8.38. The van der Waals surface area contributed by atoms with Gasteiger partial charge in [-0.2, -0.15) is 0 Å². The standard InChI is InChI=1S/C22H28N2O2/c1-16(21-8-7-20(25)12-23-21)13-24-14-18-10-22(26,11-19(18)15-24)9-17-5-3-2-4-6-17/h2-8,12,16,18-19,25-26H,9-11,13-15H2,1H3/t16?,18-,19+,22?. The molecule has 1 aliphatic heterocycles. The highest BCUT2D eigenvalue weighted by atomic mass is 16.3. The maximum atomic E-state index is 11.1. The van der Waals surface area contributed by atoms with Crippen molar-refractivity contribution in [1.82, 2.24) is 9.88 Å². The van der Waals surface area contributed by atoms with Crippen LogP contribution in [0.15, 0.2) is 48.7 Å². The number of hydrogen-bond acceptors (Lipinski definition) is 4. The maximum Gasteiger partial charge on any atom is 0.133 e. The number of pyridine rings is 1. The molecule has 4 nitrogen and oxygen atoms in total. The van der Waals surface area contributed by atoms with Crippen LogP contribution in [0, 0.1) is 11.8 Å². The molecule has 0 spiro atoms. The number of rotatable bonds is 5. The molecule has 1 aromatic carbocycles. The van der Waals surface area contributed by atoms with Crippen molar-refractivity contribution >= 4 is 0 Å². The van der Waals surface area contributed by atoms with E-state index in [0.717, 1.165) is 44.6 Å². The molecule has 2 heterocycles. The van der Waals surface area contributed by atoms with Crippen LogP contribution in [-0.4, -0.2) is 45.3 Å². The summed E-state index contributed by atoms with van der Waals surface area (Å²) in [5.74, 6) is 1.76. The molecular weight excluding hydrogens is 324 g/mol. The fraction of sp³-hybridized carbons (Fsp3) is 0.500. The molecule has 4 atom stereocenters. The van der Waals surface area contributed by atoms with Gasteiger partial charge < -0.3 is 15.1 Å². The minimum Gasteiger partial charge on any atom is -0.506 e. The Morgan fingerprint density at radius 2 is 1.81 bits per heavy atom. The number of benzene rings is 1. The van der Waals surface area contributed by atoms with Gasteiger partial charge in [-0.3, -0.25) is 4.98 Å². The Labute approximate surface area is 155 Å². The molecule has 1 saturated carbocycles. The van der Waals surface area contributed by atoms with E-state index in [4.69, 9.17) is 0 Å². The Morgan fingerprint density at radius 1 is 1.12 bits per heavy atom. The third kappa shape index (κ3) is 3.76. The quantitative estimate of drug-likeness (QED) is 0.868. The number of nitrogens with zero attached hydrogens (tertiary/aromatic N) is 2. The van der Waals surface area contributed by atoms with Gasteiger partial charge in [0.15, 0.2) is 0 Å². The van der Waals surface area contributed by atoms with Gasteiger partial charge in [-0.15, -0.1) is 0 Å². The Kier molecular flexibility index (Phi) is 4.72. The summed E-state index contributed by atoms with van der Waals surface area (Å²) in [6.07, 6.45) is 4.12. The number of fused-ring (bicyclic) bond motifs is 1. The van der Waals surface area contributed by atoms with Crippen molar-refractivity contribution in [3.8, 4) is 5.75 Å². The van der Waals surface area contributed by atoms with Gasteiger partial charge in [0.2, 0.25) is 0 Å². The second kappa shape index (κ2) is 7.01. The van der Waals surface area contributed by atoms with Gasteiger partial charge in [-0.1, -0.05) is 37.3 Å². The lowest BCUT2D eigenvalue weighted by Crippen LogP contribution is -2.33. The minimum atomic E-state index is -0.535. The summed E-state index contributed by atoms with van der Waals surface area (Å²) in [7, 11) is 0. The Bertz CT molecular complexity index is 718. The normalized spacial score (nSPS) is 29.6. The highest BCUT2D eigenvalue weighted by Gasteiger charge is 2.48. The summed E-state index contributed by atoms with van der Waals surface area (Å²) in [5.41, 5.74) is 1.73. The summed E-state index contributed by atoms with van der Waals surface area (Å²) >= 11 is 0. The molecule has 2 unspecified atom stereocenters. The molecule has 4 heteroatoms. The lowest BCUT2D eigenvalue weighted by molar-refractivity contribution is 0.0353. The van der Waals surface area contributed by atoms with Gasteiger partial charge in [-0.25, -0.2) is 0 Å². The molecule has 2 N–H and O–H groups in total. The highest BCUT2D eigenvalue weighted by molar-refractivity contribution is 5.21. The topological polar surface area (TPSA) is 56.6 Å². The zero-order valence-electron chi connectivity index (χ0n) is 15.4.